The summed E-state index contributed by atoms with van der Waals surface area (Å²) < 4.78 is 0. The molecule has 0 saturated heterocycles. The van der Waals surface area contributed by atoms with Crippen LogP contribution in [0.25, 0.3) is 0 Å². The van der Waals surface area contributed by atoms with E-state index in [1.807, 2.05) is 0 Å². The fourth-order valence-corrected chi connectivity index (χ4v) is 0.934. The van der Waals surface area contributed by atoms with Crippen molar-refractivity contribution in [3.63, 3.8) is 0 Å². The van der Waals surface area contributed by atoms with E-state index in [1.165, 1.54) is 0 Å². The lowest BCUT2D eigenvalue weighted by molar-refractivity contribution is -0.297. The molecule has 2 N–H and O–H groups in total. The lowest BCUT2D eigenvalue weighted by atomic mass is 10.0. The fourth-order valence-electron chi connectivity index (χ4n) is 0.934. The van der Waals surface area contributed by atoms with Gasteiger partial charge in [0.15, 0.2) is 0 Å². The Bertz CT molecular complexity index is 289. The van der Waals surface area contributed by atoms with Gasteiger partial charge in [0.05, 0.1) is 0 Å². The SMILES string of the molecule is NCCC1=CC(=O)C(=O)C=C1[O-]. The number of hydrogen-bond donors (Lipinski definition) is 1. The second-order valence-electron chi connectivity index (χ2n) is 2.45. The van der Waals surface area contributed by atoms with E-state index in [4.69, 9.17) is 5.73 Å². The Morgan fingerprint density at radius 3 is 2.42 bits per heavy atom. The zero-order valence-corrected chi connectivity index (χ0v) is 6.37. The Hall–Kier alpha value is -1.42. The van der Waals surface area contributed by atoms with E-state index >= 15 is 0 Å². The molecule has 0 atom stereocenters. The van der Waals surface area contributed by atoms with Crippen LogP contribution < -0.4 is 10.8 Å². The van der Waals surface area contributed by atoms with Gasteiger partial charge in [0.25, 0.3) is 0 Å². The van der Waals surface area contributed by atoms with Crippen molar-refractivity contribution in [2.45, 2.75) is 6.42 Å². The minimum Gasteiger partial charge on any atom is -0.872 e. The summed E-state index contributed by atoms with van der Waals surface area (Å²) >= 11 is 0. The van der Waals surface area contributed by atoms with Crippen molar-refractivity contribution in [2.24, 2.45) is 5.73 Å². The Balaban J connectivity index is 2.88. The minimum absolute atomic E-state index is 0.298. The normalized spacial score (nSPS) is 17.4. The van der Waals surface area contributed by atoms with E-state index in [0.717, 1.165) is 12.2 Å². The molecule has 0 saturated carbocycles. The van der Waals surface area contributed by atoms with Crippen molar-refractivity contribution in [2.75, 3.05) is 6.54 Å². The van der Waals surface area contributed by atoms with Crippen LogP contribution in [0.4, 0.5) is 0 Å². The van der Waals surface area contributed by atoms with Gasteiger partial charge in [-0.15, -0.1) is 5.76 Å². The second kappa shape index (κ2) is 3.32. The average Bonchev–Trinajstić information content (AvgIpc) is 2.01. The Morgan fingerprint density at radius 1 is 1.25 bits per heavy atom. The average molecular weight is 166 g/mol. The predicted molar refractivity (Wildman–Crippen MR) is 39.9 cm³/mol. The van der Waals surface area contributed by atoms with Crippen LogP contribution in [0.3, 0.4) is 0 Å². The molecule has 0 unspecified atom stereocenters. The predicted octanol–water partition coefficient (Wildman–Crippen LogP) is -1.34. The third kappa shape index (κ3) is 1.60. The van der Waals surface area contributed by atoms with Gasteiger partial charge in [0.1, 0.15) is 0 Å². The highest BCUT2D eigenvalue weighted by Gasteiger charge is 2.14. The highest BCUT2D eigenvalue weighted by Crippen LogP contribution is 2.12. The van der Waals surface area contributed by atoms with Crippen LogP contribution >= 0.6 is 0 Å². The summed E-state index contributed by atoms with van der Waals surface area (Å²) in [5.41, 5.74) is 5.52. The molecule has 0 radical (unpaired) electrons. The maximum Gasteiger partial charge on any atom is 0.225 e. The van der Waals surface area contributed by atoms with Crippen LogP contribution in [0.1, 0.15) is 6.42 Å². The molecule has 0 heterocycles. The summed E-state index contributed by atoms with van der Waals surface area (Å²) in [6.45, 7) is 0.298. The number of hydrogen-bond acceptors (Lipinski definition) is 4. The van der Waals surface area contributed by atoms with Crippen molar-refractivity contribution in [3.05, 3.63) is 23.5 Å². The summed E-state index contributed by atoms with van der Waals surface area (Å²) in [5.74, 6) is -1.79. The first-order chi connectivity index (χ1) is 5.65. The Morgan fingerprint density at radius 2 is 1.83 bits per heavy atom. The van der Waals surface area contributed by atoms with E-state index in [9.17, 15) is 14.7 Å². The monoisotopic (exact) mass is 166 g/mol. The second-order valence-corrected chi connectivity index (χ2v) is 2.45. The molecule has 4 nitrogen and oxygen atoms in total. The summed E-state index contributed by atoms with van der Waals surface area (Å²) in [5, 5.41) is 11.0. The summed E-state index contributed by atoms with van der Waals surface area (Å²) in [4.78, 5) is 21.4. The van der Waals surface area contributed by atoms with Crippen molar-refractivity contribution in [1.29, 1.82) is 0 Å². The molecule has 0 aromatic heterocycles. The minimum atomic E-state index is -0.749. The van der Waals surface area contributed by atoms with Gasteiger partial charge in [-0.2, -0.15) is 0 Å². The number of ketones is 2. The smallest absolute Gasteiger partial charge is 0.225 e. The largest absolute Gasteiger partial charge is 0.872 e. The van der Waals surface area contributed by atoms with Gasteiger partial charge in [-0.3, -0.25) is 9.59 Å². The highest BCUT2D eigenvalue weighted by molar-refractivity contribution is 6.46. The third-order valence-electron chi connectivity index (χ3n) is 1.54. The van der Waals surface area contributed by atoms with E-state index < -0.39 is 17.3 Å². The summed E-state index contributed by atoms with van der Waals surface area (Å²) in [7, 11) is 0. The van der Waals surface area contributed by atoms with Crippen LogP contribution in [0, 0.1) is 0 Å². The maximum absolute atomic E-state index is 11.0. The van der Waals surface area contributed by atoms with Crippen molar-refractivity contribution >= 4 is 11.6 Å². The summed E-state index contributed by atoms with van der Waals surface area (Å²) in [6.07, 6.45) is 2.22. The highest BCUT2D eigenvalue weighted by atomic mass is 16.3. The molecule has 12 heavy (non-hydrogen) atoms. The first-order valence-electron chi connectivity index (χ1n) is 3.53. The molecule has 0 spiro atoms. The molecule has 4 heteroatoms. The molecule has 1 aliphatic rings. The molecule has 0 bridgehead atoms. The molecule has 0 aromatic carbocycles. The molecule has 64 valence electrons. The molecule has 0 amide bonds. The molecular weight excluding hydrogens is 158 g/mol. The Labute approximate surface area is 69.4 Å². The molecule has 1 rings (SSSR count). The molecule has 0 aromatic rings. The van der Waals surface area contributed by atoms with Gasteiger partial charge >= 0.3 is 0 Å². The van der Waals surface area contributed by atoms with Crippen LogP contribution in [0.2, 0.25) is 0 Å². The van der Waals surface area contributed by atoms with Crippen molar-refractivity contribution in [3.8, 4) is 0 Å². The zero-order chi connectivity index (χ0) is 9.14. The van der Waals surface area contributed by atoms with E-state index in [0.29, 0.717) is 18.5 Å². The van der Waals surface area contributed by atoms with E-state index in [2.05, 4.69) is 0 Å². The molecule has 1 aliphatic carbocycles. The van der Waals surface area contributed by atoms with E-state index in [1.54, 1.807) is 0 Å². The van der Waals surface area contributed by atoms with E-state index in [-0.39, 0.29) is 0 Å². The quantitative estimate of drug-likeness (QED) is 0.406. The van der Waals surface area contributed by atoms with Crippen LogP contribution in [0.5, 0.6) is 0 Å². The van der Waals surface area contributed by atoms with Gasteiger partial charge < -0.3 is 10.8 Å². The lowest BCUT2D eigenvalue weighted by Gasteiger charge is -2.17. The first-order valence-corrected chi connectivity index (χ1v) is 3.53. The molecule has 0 aliphatic heterocycles. The first kappa shape index (κ1) is 8.67. The van der Waals surface area contributed by atoms with Crippen molar-refractivity contribution < 1.29 is 14.7 Å². The van der Waals surface area contributed by atoms with Crippen LogP contribution in [-0.4, -0.2) is 18.1 Å². The van der Waals surface area contributed by atoms with Crippen LogP contribution in [-0.2, 0) is 9.59 Å². The van der Waals surface area contributed by atoms with Crippen LogP contribution in [0.15, 0.2) is 23.5 Å². The molecular formula is C8H8NO3-. The molecule has 0 fully saturated rings. The number of nitrogens with two attached hydrogens (primary N) is 1. The van der Waals surface area contributed by atoms with Gasteiger partial charge in [-0.1, -0.05) is 5.57 Å². The third-order valence-corrected chi connectivity index (χ3v) is 1.54. The van der Waals surface area contributed by atoms with Gasteiger partial charge in [0, 0.05) is 0 Å². The number of carbonyl (C=O) groups is 2. The number of rotatable bonds is 2. The van der Waals surface area contributed by atoms with Gasteiger partial charge in [0.2, 0.25) is 11.6 Å². The van der Waals surface area contributed by atoms with Crippen molar-refractivity contribution in [1.82, 2.24) is 0 Å². The Kier molecular flexibility index (Phi) is 2.40. The fraction of sp³-hybridized carbons (Fsp3) is 0.250. The number of allylic oxidation sites excluding steroid dienone is 3. The topological polar surface area (TPSA) is 83.2 Å². The zero-order valence-electron chi connectivity index (χ0n) is 6.37. The standard InChI is InChI=1S/C8H9NO3/c9-2-1-5-3-7(11)8(12)4-6(5)10/h3-4,10H,1-2,9H2/p-1. The van der Waals surface area contributed by atoms with Gasteiger partial charge in [-0.05, 0) is 25.1 Å². The lowest BCUT2D eigenvalue weighted by Crippen LogP contribution is -2.21. The maximum atomic E-state index is 11.0. The summed E-state index contributed by atoms with van der Waals surface area (Å²) in [6, 6.07) is 0. The van der Waals surface area contributed by atoms with Gasteiger partial charge in [-0.25, -0.2) is 0 Å². The number of carbonyl (C=O) groups excluding carboxylic acids is 2.